The van der Waals surface area contributed by atoms with Crippen LogP contribution >= 0.6 is 11.3 Å². The molecule has 108 valence electrons. The van der Waals surface area contributed by atoms with Crippen molar-refractivity contribution in [2.24, 2.45) is 4.99 Å². The van der Waals surface area contributed by atoms with Crippen LogP contribution in [0, 0.1) is 0 Å². The maximum atomic E-state index is 11.5. The van der Waals surface area contributed by atoms with E-state index in [1.807, 2.05) is 19.1 Å². The van der Waals surface area contributed by atoms with Gasteiger partial charge in [0.25, 0.3) is 0 Å². The number of benzene rings is 1. The molecule has 20 heavy (non-hydrogen) atoms. The molecule has 0 saturated carbocycles. The summed E-state index contributed by atoms with van der Waals surface area (Å²) in [5.41, 5.74) is 2.08. The molecule has 0 atom stereocenters. The van der Waals surface area contributed by atoms with Crippen LogP contribution in [0.4, 0.5) is 0 Å². The summed E-state index contributed by atoms with van der Waals surface area (Å²) in [5.74, 6) is 0. The van der Waals surface area contributed by atoms with Gasteiger partial charge in [-0.2, -0.15) is 0 Å². The second-order valence-corrected chi connectivity index (χ2v) is 7.27. The van der Waals surface area contributed by atoms with Gasteiger partial charge in [0.05, 0.1) is 10.6 Å². The van der Waals surface area contributed by atoms with E-state index in [-0.39, 0.29) is 0 Å². The first-order chi connectivity index (χ1) is 9.47. The van der Waals surface area contributed by atoms with Crippen molar-refractivity contribution in [1.29, 1.82) is 0 Å². The molecule has 0 aliphatic heterocycles. The fourth-order valence-corrected chi connectivity index (χ4v) is 3.67. The normalized spacial score (nSPS) is 12.8. The molecule has 0 radical (unpaired) electrons. The molecule has 0 saturated heterocycles. The molecule has 0 unspecified atom stereocenters. The molecule has 0 amide bonds. The molecule has 0 aliphatic carbocycles. The highest BCUT2D eigenvalue weighted by Gasteiger charge is 2.09. The minimum atomic E-state index is -3.14. The van der Waals surface area contributed by atoms with Crippen molar-refractivity contribution in [3.8, 4) is 11.3 Å². The summed E-state index contributed by atoms with van der Waals surface area (Å²) in [7, 11) is -3.14. The van der Waals surface area contributed by atoms with Crippen LogP contribution < -0.4 is 4.80 Å². The Labute approximate surface area is 123 Å². The maximum absolute atomic E-state index is 11.5. The summed E-state index contributed by atoms with van der Waals surface area (Å²) >= 11 is 1.61. The Kier molecular flexibility index (Phi) is 4.45. The van der Waals surface area contributed by atoms with E-state index in [4.69, 9.17) is 0 Å². The second-order valence-electron chi connectivity index (χ2n) is 4.42. The van der Waals surface area contributed by atoms with Crippen LogP contribution in [0.3, 0.4) is 0 Å². The highest BCUT2D eigenvalue weighted by atomic mass is 32.2. The van der Waals surface area contributed by atoms with Gasteiger partial charge in [-0.15, -0.1) is 11.3 Å². The summed E-state index contributed by atoms with van der Waals surface area (Å²) in [4.78, 5) is 5.81. The van der Waals surface area contributed by atoms with Gasteiger partial charge >= 0.3 is 0 Å². The fraction of sp³-hybridized carbons (Fsp3) is 0.357. The van der Waals surface area contributed by atoms with Crippen molar-refractivity contribution in [2.45, 2.75) is 25.3 Å². The molecule has 1 aromatic heterocycles. The quantitative estimate of drug-likeness (QED) is 0.871. The van der Waals surface area contributed by atoms with Gasteiger partial charge in [-0.05, 0) is 31.5 Å². The molecular formula is C14H18N2O2S2. The first-order valence-electron chi connectivity index (χ1n) is 6.46. The van der Waals surface area contributed by atoms with Gasteiger partial charge in [-0.1, -0.05) is 12.1 Å². The number of rotatable bonds is 4. The van der Waals surface area contributed by atoms with E-state index < -0.39 is 9.84 Å². The minimum absolute atomic E-state index is 0.345. The van der Waals surface area contributed by atoms with Crippen molar-refractivity contribution in [3.05, 3.63) is 34.4 Å². The third kappa shape index (κ3) is 3.02. The zero-order valence-electron chi connectivity index (χ0n) is 11.8. The van der Waals surface area contributed by atoms with Gasteiger partial charge in [-0.25, -0.2) is 8.42 Å². The molecule has 0 spiro atoms. The van der Waals surface area contributed by atoms with Gasteiger partial charge in [0.1, 0.15) is 0 Å². The van der Waals surface area contributed by atoms with Crippen LogP contribution in [0.1, 0.15) is 13.8 Å². The first kappa shape index (κ1) is 15.0. The Morgan fingerprint density at radius 2 is 1.85 bits per heavy atom. The lowest BCUT2D eigenvalue weighted by molar-refractivity contribution is 0.602. The van der Waals surface area contributed by atoms with E-state index in [2.05, 4.69) is 21.9 Å². The van der Waals surface area contributed by atoms with Crippen LogP contribution in [0.5, 0.6) is 0 Å². The monoisotopic (exact) mass is 310 g/mol. The maximum Gasteiger partial charge on any atom is 0.185 e. The predicted molar refractivity (Wildman–Crippen MR) is 82.6 cm³/mol. The smallest absolute Gasteiger partial charge is 0.185 e. The third-order valence-electron chi connectivity index (χ3n) is 2.99. The molecule has 0 N–H and O–H groups in total. The number of hydrogen-bond donors (Lipinski definition) is 0. The lowest BCUT2D eigenvalue weighted by Crippen LogP contribution is -2.15. The van der Waals surface area contributed by atoms with E-state index in [1.54, 1.807) is 23.5 Å². The zero-order chi connectivity index (χ0) is 14.8. The summed E-state index contributed by atoms with van der Waals surface area (Å²) in [5, 5.41) is 2.06. The van der Waals surface area contributed by atoms with Crippen molar-refractivity contribution in [2.75, 3.05) is 12.8 Å². The van der Waals surface area contributed by atoms with Crippen LogP contribution in [-0.4, -0.2) is 25.8 Å². The Balaban J connectivity index is 2.50. The van der Waals surface area contributed by atoms with Crippen LogP contribution in [0.2, 0.25) is 0 Å². The van der Waals surface area contributed by atoms with Gasteiger partial charge in [0.2, 0.25) is 0 Å². The standard InChI is InChI=1S/C14H18N2O2S2/c1-4-15-14-16(5-2)13(10-19-14)11-6-8-12(9-7-11)20(3,17)18/h6-10H,4-5H2,1-3H3. The highest BCUT2D eigenvalue weighted by molar-refractivity contribution is 7.90. The van der Waals surface area contributed by atoms with E-state index in [1.165, 1.54) is 6.26 Å². The summed E-state index contributed by atoms with van der Waals surface area (Å²) in [6, 6.07) is 7.00. The lowest BCUT2D eigenvalue weighted by Gasteiger charge is -2.07. The van der Waals surface area contributed by atoms with Crippen molar-refractivity contribution < 1.29 is 8.42 Å². The average Bonchev–Trinajstić information content (AvgIpc) is 2.81. The molecule has 4 nitrogen and oxygen atoms in total. The largest absolute Gasteiger partial charge is 0.317 e. The fourth-order valence-electron chi connectivity index (χ4n) is 2.00. The molecule has 0 bridgehead atoms. The number of hydrogen-bond acceptors (Lipinski definition) is 4. The summed E-state index contributed by atoms with van der Waals surface area (Å²) in [6.07, 6.45) is 1.22. The van der Waals surface area contributed by atoms with Crippen molar-refractivity contribution in [1.82, 2.24) is 4.57 Å². The van der Waals surface area contributed by atoms with Gasteiger partial charge in [0, 0.05) is 24.7 Å². The first-order valence-corrected chi connectivity index (χ1v) is 9.23. The average molecular weight is 310 g/mol. The lowest BCUT2D eigenvalue weighted by atomic mass is 10.2. The molecule has 6 heteroatoms. The topological polar surface area (TPSA) is 51.4 Å². The van der Waals surface area contributed by atoms with Gasteiger partial charge in [0.15, 0.2) is 14.6 Å². The van der Waals surface area contributed by atoms with E-state index in [9.17, 15) is 8.42 Å². The molecule has 2 aromatic rings. The highest BCUT2D eigenvalue weighted by Crippen LogP contribution is 2.22. The van der Waals surface area contributed by atoms with Gasteiger partial charge in [-0.3, -0.25) is 4.99 Å². The van der Waals surface area contributed by atoms with Gasteiger partial charge < -0.3 is 4.57 Å². The Morgan fingerprint density at radius 3 is 2.35 bits per heavy atom. The van der Waals surface area contributed by atoms with E-state index in [0.29, 0.717) is 4.90 Å². The van der Waals surface area contributed by atoms with Crippen LogP contribution in [-0.2, 0) is 16.4 Å². The molecule has 2 rings (SSSR count). The number of aromatic nitrogens is 1. The molecule has 0 fully saturated rings. The predicted octanol–water partition coefficient (Wildman–Crippen LogP) is 2.56. The molecule has 1 heterocycles. The van der Waals surface area contributed by atoms with Crippen LogP contribution in [0.15, 0.2) is 39.5 Å². The Morgan fingerprint density at radius 1 is 1.20 bits per heavy atom. The molecular weight excluding hydrogens is 292 g/mol. The van der Waals surface area contributed by atoms with Crippen molar-refractivity contribution >= 4 is 21.2 Å². The summed E-state index contributed by atoms with van der Waals surface area (Å²) < 4.78 is 25.1. The number of thiazole rings is 1. The second kappa shape index (κ2) is 5.93. The van der Waals surface area contributed by atoms with E-state index in [0.717, 1.165) is 29.1 Å². The van der Waals surface area contributed by atoms with Crippen molar-refractivity contribution in [3.63, 3.8) is 0 Å². The number of sulfone groups is 1. The zero-order valence-corrected chi connectivity index (χ0v) is 13.5. The Bertz CT molecular complexity index is 753. The number of nitrogens with zero attached hydrogens (tertiary/aromatic N) is 2. The van der Waals surface area contributed by atoms with E-state index >= 15 is 0 Å². The Hall–Kier alpha value is -1.40. The molecule has 1 aromatic carbocycles. The summed E-state index contributed by atoms with van der Waals surface area (Å²) in [6.45, 7) is 5.69. The van der Waals surface area contributed by atoms with Crippen LogP contribution in [0.25, 0.3) is 11.3 Å². The third-order valence-corrected chi connectivity index (χ3v) is 5.02. The SMILES string of the molecule is CCN=c1scc(-c2ccc(S(C)(=O)=O)cc2)n1CC. The minimum Gasteiger partial charge on any atom is -0.317 e. The molecule has 0 aliphatic rings.